The molecule has 0 bridgehead atoms. The van der Waals surface area contributed by atoms with Crippen molar-refractivity contribution in [2.24, 2.45) is 5.73 Å². The minimum atomic E-state index is -0.622. The normalized spacial score (nSPS) is 11.1. The number of aliphatic hydroxyl groups excluding tert-OH is 1. The van der Waals surface area contributed by atoms with Crippen LogP contribution >= 0.6 is 0 Å². The minimum absolute atomic E-state index is 0.0469. The molecular weight excluding hydrogens is 388 g/mol. The molecule has 1 aromatic carbocycles. The van der Waals surface area contributed by atoms with E-state index in [0.717, 1.165) is 12.1 Å². The molecule has 0 atom stereocenters. The van der Waals surface area contributed by atoms with Gasteiger partial charge in [-0.2, -0.15) is 5.10 Å². The molecule has 30 heavy (non-hydrogen) atoms. The predicted molar refractivity (Wildman–Crippen MR) is 112 cm³/mol. The van der Waals surface area contributed by atoms with E-state index >= 15 is 0 Å². The van der Waals surface area contributed by atoms with E-state index in [2.05, 4.69) is 15.4 Å². The Hall–Kier alpha value is -3.40. The number of anilines is 1. The Morgan fingerprint density at radius 2 is 2.03 bits per heavy atom. The monoisotopic (exact) mass is 414 g/mol. The highest BCUT2D eigenvalue weighted by Crippen LogP contribution is 2.31. The largest absolute Gasteiger partial charge is 0.489 e. The number of aryl methyl sites for hydroxylation is 3. The maximum absolute atomic E-state index is 12.9. The summed E-state index contributed by atoms with van der Waals surface area (Å²) in [5.41, 5.74) is 7.92. The summed E-state index contributed by atoms with van der Waals surface area (Å²) >= 11 is 0. The van der Waals surface area contributed by atoms with Crippen LogP contribution in [0.15, 0.2) is 18.2 Å². The van der Waals surface area contributed by atoms with E-state index in [1.807, 2.05) is 25.3 Å². The number of nitrogens with zero attached hydrogens (tertiary/aromatic N) is 4. The lowest BCUT2D eigenvalue weighted by molar-refractivity contribution is 0.0995. The smallest absolute Gasteiger partial charge is 0.276 e. The lowest BCUT2D eigenvalue weighted by Crippen LogP contribution is -2.20. The summed E-state index contributed by atoms with van der Waals surface area (Å²) in [6.07, 6.45) is 0.775. The molecule has 0 aliphatic rings. The van der Waals surface area contributed by atoms with Gasteiger partial charge in [-0.05, 0) is 38.5 Å². The lowest BCUT2D eigenvalue weighted by atomic mass is 10.1. The summed E-state index contributed by atoms with van der Waals surface area (Å²) in [5, 5.41) is 16.3. The maximum Gasteiger partial charge on any atom is 0.276 e. The number of nitrogens with one attached hydrogen (secondary N) is 1. The van der Waals surface area contributed by atoms with Gasteiger partial charge in [-0.3, -0.25) is 19.6 Å². The molecule has 0 radical (unpaired) electrons. The van der Waals surface area contributed by atoms with Gasteiger partial charge >= 0.3 is 0 Å². The van der Waals surface area contributed by atoms with Gasteiger partial charge in [0.2, 0.25) is 11.9 Å². The first-order chi connectivity index (χ1) is 14.4. The van der Waals surface area contributed by atoms with Gasteiger partial charge in [0.25, 0.3) is 5.91 Å². The third-order valence-corrected chi connectivity index (χ3v) is 4.55. The van der Waals surface area contributed by atoms with Crippen molar-refractivity contribution in [1.29, 1.82) is 0 Å². The number of fused-ring (bicyclic) bond motifs is 1. The molecule has 0 saturated heterocycles. The number of carbonyl (C=O) groups excluding carboxylic acids is 2. The van der Waals surface area contributed by atoms with Crippen LogP contribution in [0.4, 0.5) is 5.95 Å². The Morgan fingerprint density at radius 1 is 1.27 bits per heavy atom. The molecule has 4 N–H and O–H groups in total. The molecule has 0 fully saturated rings. The van der Waals surface area contributed by atoms with E-state index < -0.39 is 5.91 Å². The number of aromatic nitrogens is 4. The SMILES string of the molecule is CCCn1c(NC(=O)c2cc(C)nn2CC)nc2cc(C(N)=O)cc(OCCO)c21. The standard InChI is InChI=1S/C20H26N6O4/c1-4-6-25-17-14(10-13(18(21)28)11-16(17)30-8-7-27)22-20(25)23-19(29)15-9-12(3)24-26(15)5-2/h9-11,27H,4-8H2,1-3H3,(H2,21,28)(H,22,23,29). The van der Waals surface area contributed by atoms with Crippen LogP contribution in [0.1, 0.15) is 46.8 Å². The zero-order valence-corrected chi connectivity index (χ0v) is 17.3. The third-order valence-electron chi connectivity index (χ3n) is 4.55. The van der Waals surface area contributed by atoms with Gasteiger partial charge in [-0.15, -0.1) is 0 Å². The summed E-state index contributed by atoms with van der Waals surface area (Å²) < 4.78 is 9.09. The van der Waals surface area contributed by atoms with Gasteiger partial charge < -0.3 is 20.1 Å². The fourth-order valence-corrected chi connectivity index (χ4v) is 3.31. The Morgan fingerprint density at radius 3 is 2.67 bits per heavy atom. The number of benzene rings is 1. The Labute approximate surface area is 173 Å². The van der Waals surface area contributed by atoms with E-state index in [1.165, 1.54) is 6.07 Å². The van der Waals surface area contributed by atoms with Gasteiger partial charge in [0.15, 0.2) is 0 Å². The summed E-state index contributed by atoms with van der Waals surface area (Å²) in [6.45, 7) is 6.71. The molecular formula is C20H26N6O4. The molecule has 160 valence electrons. The van der Waals surface area contributed by atoms with Crippen molar-refractivity contribution in [2.75, 3.05) is 18.5 Å². The molecule has 3 aromatic rings. The number of amides is 2. The fourth-order valence-electron chi connectivity index (χ4n) is 3.31. The second-order valence-electron chi connectivity index (χ2n) is 6.81. The molecule has 0 saturated carbocycles. The Bertz CT molecular complexity index is 1080. The van der Waals surface area contributed by atoms with Crippen molar-refractivity contribution in [3.63, 3.8) is 0 Å². The molecule has 2 heterocycles. The molecule has 0 aliphatic heterocycles. The number of primary amides is 1. The van der Waals surface area contributed by atoms with E-state index in [-0.39, 0.29) is 24.7 Å². The minimum Gasteiger partial charge on any atom is -0.489 e. The average molecular weight is 414 g/mol. The summed E-state index contributed by atoms with van der Waals surface area (Å²) in [4.78, 5) is 29.2. The number of rotatable bonds is 9. The highest BCUT2D eigenvalue weighted by atomic mass is 16.5. The zero-order valence-electron chi connectivity index (χ0n) is 17.3. The molecule has 0 spiro atoms. The lowest BCUT2D eigenvalue weighted by Gasteiger charge is -2.12. The number of nitrogens with two attached hydrogens (primary N) is 1. The molecule has 0 aliphatic carbocycles. The van der Waals surface area contributed by atoms with Crippen LogP contribution in [0.2, 0.25) is 0 Å². The van der Waals surface area contributed by atoms with Gasteiger partial charge in [0.05, 0.1) is 17.8 Å². The van der Waals surface area contributed by atoms with Crippen LogP contribution in [0.3, 0.4) is 0 Å². The third kappa shape index (κ3) is 4.13. The van der Waals surface area contributed by atoms with Crippen molar-refractivity contribution in [3.8, 4) is 5.75 Å². The van der Waals surface area contributed by atoms with Crippen molar-refractivity contribution < 1.29 is 19.4 Å². The van der Waals surface area contributed by atoms with Gasteiger partial charge in [-0.1, -0.05) is 6.92 Å². The molecule has 2 aromatic heterocycles. The first kappa shape index (κ1) is 21.3. The average Bonchev–Trinajstić information content (AvgIpc) is 3.26. The molecule has 0 unspecified atom stereocenters. The number of hydrogen-bond acceptors (Lipinski definition) is 6. The van der Waals surface area contributed by atoms with Gasteiger partial charge in [-0.25, -0.2) is 4.98 Å². The highest BCUT2D eigenvalue weighted by molar-refractivity contribution is 6.04. The van der Waals surface area contributed by atoms with Crippen LogP contribution in [-0.4, -0.2) is 49.5 Å². The van der Waals surface area contributed by atoms with Crippen molar-refractivity contribution in [3.05, 3.63) is 35.2 Å². The van der Waals surface area contributed by atoms with E-state index in [0.29, 0.717) is 41.5 Å². The summed E-state index contributed by atoms with van der Waals surface area (Å²) in [5.74, 6) is -0.262. The van der Waals surface area contributed by atoms with Crippen LogP contribution < -0.4 is 15.8 Å². The van der Waals surface area contributed by atoms with Crippen molar-refractivity contribution in [1.82, 2.24) is 19.3 Å². The van der Waals surface area contributed by atoms with Gasteiger partial charge in [0.1, 0.15) is 23.6 Å². The van der Waals surface area contributed by atoms with Crippen molar-refractivity contribution >= 4 is 28.8 Å². The highest BCUT2D eigenvalue weighted by Gasteiger charge is 2.21. The van der Waals surface area contributed by atoms with Crippen LogP contribution in [0.25, 0.3) is 11.0 Å². The Kier molecular flexibility index (Phi) is 6.36. The van der Waals surface area contributed by atoms with Crippen LogP contribution in [0.5, 0.6) is 5.75 Å². The molecule has 10 nitrogen and oxygen atoms in total. The van der Waals surface area contributed by atoms with Gasteiger partial charge in [0, 0.05) is 18.7 Å². The zero-order chi connectivity index (χ0) is 21.8. The molecule has 3 rings (SSSR count). The quantitative estimate of drug-likeness (QED) is 0.487. The number of carbonyl (C=O) groups is 2. The van der Waals surface area contributed by atoms with E-state index in [1.54, 1.807) is 16.8 Å². The Balaban J connectivity index is 2.10. The second-order valence-corrected chi connectivity index (χ2v) is 6.81. The summed E-state index contributed by atoms with van der Waals surface area (Å²) in [7, 11) is 0. The first-order valence-corrected chi connectivity index (χ1v) is 9.83. The maximum atomic E-state index is 12.9. The molecule has 2 amide bonds. The van der Waals surface area contributed by atoms with Crippen LogP contribution in [-0.2, 0) is 13.1 Å². The number of aliphatic hydroxyl groups is 1. The fraction of sp³-hybridized carbons (Fsp3) is 0.400. The number of ether oxygens (including phenoxy) is 1. The number of hydrogen-bond donors (Lipinski definition) is 3. The predicted octanol–water partition coefficient (Wildman–Crippen LogP) is 1.69. The van der Waals surface area contributed by atoms with E-state index in [9.17, 15) is 9.59 Å². The molecule has 10 heteroatoms. The summed E-state index contributed by atoms with van der Waals surface area (Å²) in [6, 6.07) is 4.80. The first-order valence-electron chi connectivity index (χ1n) is 9.83. The topological polar surface area (TPSA) is 137 Å². The van der Waals surface area contributed by atoms with Crippen LogP contribution in [0, 0.1) is 6.92 Å². The van der Waals surface area contributed by atoms with E-state index in [4.69, 9.17) is 15.6 Å². The van der Waals surface area contributed by atoms with Crippen molar-refractivity contribution in [2.45, 2.75) is 40.3 Å². The second kappa shape index (κ2) is 8.95. The number of imidazole rings is 1.